The summed E-state index contributed by atoms with van der Waals surface area (Å²) in [5.74, 6) is -0.807. The van der Waals surface area contributed by atoms with Crippen LogP contribution in [0.15, 0.2) is 76.5 Å². The number of benzene rings is 3. The molecule has 0 aromatic heterocycles. The number of halogens is 1. The van der Waals surface area contributed by atoms with E-state index in [9.17, 15) is 28.1 Å². The zero-order chi connectivity index (χ0) is 26.7. The van der Waals surface area contributed by atoms with E-state index < -0.39 is 26.2 Å². The zero-order valence-electron chi connectivity index (χ0n) is 19.0. The highest BCUT2D eigenvalue weighted by atomic mass is 35.5. The first-order valence-corrected chi connectivity index (χ1v) is 13.1. The van der Waals surface area contributed by atoms with Crippen LogP contribution < -0.4 is 8.92 Å². The van der Waals surface area contributed by atoms with Crippen LogP contribution in [0.1, 0.15) is 11.1 Å². The lowest BCUT2D eigenvalue weighted by molar-refractivity contribution is -0.385. The number of methoxy groups -OCH3 is 1. The molecular weight excluding hydrogens is 544 g/mol. The van der Waals surface area contributed by atoms with Crippen LogP contribution in [0.25, 0.3) is 6.08 Å². The second-order valence-electron chi connectivity index (χ2n) is 7.52. The Labute approximate surface area is 220 Å². The standard InChI is InChI=1S/C24H17ClN2O8S2/c1-34-20-8-4-6-15(22(20)35-37(32,33)18-11-9-17(25)10-12-18)13-21-23(28)26(24(29)36-21)14-16-5-2-3-7-19(16)27(30)31/h2-13H,14H2,1H3/b21-13-. The maximum atomic E-state index is 13.1. The number of nitro groups is 1. The first-order chi connectivity index (χ1) is 17.6. The van der Waals surface area contributed by atoms with Gasteiger partial charge < -0.3 is 8.92 Å². The molecule has 0 atom stereocenters. The van der Waals surface area contributed by atoms with Gasteiger partial charge in [-0.2, -0.15) is 8.42 Å². The molecule has 1 aliphatic rings. The molecule has 0 radical (unpaired) electrons. The van der Waals surface area contributed by atoms with Crippen LogP contribution in [0.5, 0.6) is 11.5 Å². The first kappa shape index (κ1) is 26.2. The predicted molar refractivity (Wildman–Crippen MR) is 137 cm³/mol. The molecule has 10 nitrogen and oxygen atoms in total. The Morgan fingerprint density at radius 3 is 2.43 bits per heavy atom. The molecular formula is C24H17ClN2O8S2. The number of rotatable bonds is 8. The lowest BCUT2D eigenvalue weighted by atomic mass is 10.1. The van der Waals surface area contributed by atoms with Gasteiger partial charge in [0.05, 0.1) is 23.5 Å². The molecule has 0 bridgehead atoms. The SMILES string of the molecule is COc1cccc(/C=C2\SC(=O)N(Cc3ccccc3[N+](=O)[O-])C2=O)c1OS(=O)(=O)c1ccc(Cl)cc1. The Morgan fingerprint density at radius 1 is 1.05 bits per heavy atom. The predicted octanol–water partition coefficient (Wildman–Crippen LogP) is 5.26. The fourth-order valence-corrected chi connectivity index (χ4v) is 5.34. The highest BCUT2D eigenvalue weighted by Gasteiger charge is 2.36. The van der Waals surface area contributed by atoms with Crippen LogP contribution in [-0.4, -0.2) is 36.5 Å². The minimum Gasteiger partial charge on any atom is -0.493 e. The number of ether oxygens (including phenoxy) is 1. The summed E-state index contributed by atoms with van der Waals surface area (Å²) in [5.41, 5.74) is 0.130. The van der Waals surface area contributed by atoms with Crippen molar-refractivity contribution in [2.75, 3.05) is 7.11 Å². The van der Waals surface area contributed by atoms with Crippen LogP contribution in [0, 0.1) is 10.1 Å². The van der Waals surface area contributed by atoms with Crippen molar-refractivity contribution < 1.29 is 31.9 Å². The van der Waals surface area contributed by atoms with E-state index in [0.29, 0.717) is 16.8 Å². The first-order valence-electron chi connectivity index (χ1n) is 10.5. The summed E-state index contributed by atoms with van der Waals surface area (Å²) in [6.45, 7) is -0.300. The highest BCUT2D eigenvalue weighted by molar-refractivity contribution is 8.18. The van der Waals surface area contributed by atoms with Crippen molar-refractivity contribution >= 4 is 56.4 Å². The minimum atomic E-state index is -4.31. The van der Waals surface area contributed by atoms with E-state index in [4.69, 9.17) is 20.5 Å². The molecule has 0 aliphatic carbocycles. The largest absolute Gasteiger partial charge is 0.493 e. The summed E-state index contributed by atoms with van der Waals surface area (Å²) in [7, 11) is -2.99. The molecule has 2 amide bonds. The molecule has 190 valence electrons. The summed E-state index contributed by atoms with van der Waals surface area (Å²) in [6.07, 6.45) is 1.31. The van der Waals surface area contributed by atoms with Gasteiger partial charge in [0.25, 0.3) is 16.8 Å². The lowest BCUT2D eigenvalue weighted by Gasteiger charge is -2.14. The number of hydrogen-bond donors (Lipinski definition) is 0. The molecule has 4 rings (SSSR count). The number of hydrogen-bond acceptors (Lipinski definition) is 9. The third-order valence-electron chi connectivity index (χ3n) is 5.20. The molecule has 13 heteroatoms. The van der Waals surface area contributed by atoms with Gasteiger partial charge in [0, 0.05) is 22.2 Å². The van der Waals surface area contributed by atoms with Gasteiger partial charge in [-0.3, -0.25) is 24.6 Å². The van der Waals surface area contributed by atoms with Crippen molar-refractivity contribution in [1.82, 2.24) is 4.90 Å². The second kappa shape index (κ2) is 10.6. The number of carbonyl (C=O) groups is 2. The van der Waals surface area contributed by atoms with Gasteiger partial charge in [0.1, 0.15) is 4.90 Å². The number of para-hydroxylation sites is 2. The Hall–Kier alpha value is -3.87. The molecule has 1 heterocycles. The molecule has 0 N–H and O–H groups in total. The smallest absolute Gasteiger partial charge is 0.339 e. The van der Waals surface area contributed by atoms with Crippen LogP contribution in [-0.2, 0) is 21.5 Å². The zero-order valence-corrected chi connectivity index (χ0v) is 21.4. The summed E-state index contributed by atoms with van der Waals surface area (Å²) < 4.78 is 36.4. The monoisotopic (exact) mass is 560 g/mol. The topological polar surface area (TPSA) is 133 Å². The number of thioether (sulfide) groups is 1. The molecule has 0 saturated carbocycles. The van der Waals surface area contributed by atoms with Crippen LogP contribution >= 0.6 is 23.4 Å². The summed E-state index contributed by atoms with van der Waals surface area (Å²) >= 11 is 6.46. The normalized spacial score (nSPS) is 14.8. The highest BCUT2D eigenvalue weighted by Crippen LogP contribution is 2.39. The summed E-state index contributed by atoms with van der Waals surface area (Å²) in [6, 6.07) is 15.7. The van der Waals surface area contributed by atoms with Gasteiger partial charge in [-0.25, -0.2) is 0 Å². The molecule has 1 fully saturated rings. The molecule has 3 aromatic carbocycles. The van der Waals surface area contributed by atoms with Gasteiger partial charge in [0.15, 0.2) is 11.5 Å². The summed E-state index contributed by atoms with van der Waals surface area (Å²) in [5, 5.41) is 11.0. The van der Waals surface area contributed by atoms with Gasteiger partial charge >= 0.3 is 10.1 Å². The van der Waals surface area contributed by atoms with Crippen molar-refractivity contribution in [2.45, 2.75) is 11.4 Å². The summed E-state index contributed by atoms with van der Waals surface area (Å²) in [4.78, 5) is 37.1. The fourth-order valence-electron chi connectivity index (χ4n) is 3.43. The van der Waals surface area contributed by atoms with Crippen molar-refractivity contribution in [2.24, 2.45) is 0 Å². The fraction of sp³-hybridized carbons (Fsp3) is 0.0833. The molecule has 1 aliphatic heterocycles. The Bertz CT molecular complexity index is 1540. The Morgan fingerprint density at radius 2 is 1.76 bits per heavy atom. The van der Waals surface area contributed by atoms with E-state index in [1.54, 1.807) is 12.1 Å². The maximum Gasteiger partial charge on any atom is 0.339 e. The number of carbonyl (C=O) groups excluding carboxylic acids is 2. The van der Waals surface area contributed by atoms with Gasteiger partial charge in [-0.15, -0.1) is 0 Å². The van der Waals surface area contributed by atoms with Crippen LogP contribution in [0.2, 0.25) is 5.02 Å². The quantitative estimate of drug-likeness (QED) is 0.156. The van der Waals surface area contributed by atoms with E-state index in [0.717, 1.165) is 4.90 Å². The van der Waals surface area contributed by atoms with Gasteiger partial charge in [-0.1, -0.05) is 41.9 Å². The third kappa shape index (κ3) is 5.61. The van der Waals surface area contributed by atoms with Crippen molar-refractivity contribution in [3.63, 3.8) is 0 Å². The van der Waals surface area contributed by atoms with E-state index in [1.807, 2.05) is 0 Å². The van der Waals surface area contributed by atoms with Crippen molar-refractivity contribution in [3.8, 4) is 11.5 Å². The van der Waals surface area contributed by atoms with E-state index >= 15 is 0 Å². The average molecular weight is 561 g/mol. The lowest BCUT2D eigenvalue weighted by Crippen LogP contribution is -2.27. The average Bonchev–Trinajstić information content (AvgIpc) is 3.12. The van der Waals surface area contributed by atoms with Gasteiger partial charge in [0.2, 0.25) is 0 Å². The minimum absolute atomic E-state index is 0.0226. The molecule has 0 spiro atoms. The second-order valence-corrected chi connectivity index (χ2v) is 10.5. The molecule has 0 unspecified atom stereocenters. The Balaban J connectivity index is 1.67. The number of nitrogens with zero attached hydrogens (tertiary/aromatic N) is 2. The number of amides is 2. The van der Waals surface area contributed by atoms with E-state index in [2.05, 4.69) is 0 Å². The van der Waals surface area contributed by atoms with E-state index in [1.165, 1.54) is 67.8 Å². The maximum absolute atomic E-state index is 13.1. The molecule has 37 heavy (non-hydrogen) atoms. The number of nitro benzene ring substituents is 1. The molecule has 1 saturated heterocycles. The molecule has 3 aromatic rings. The van der Waals surface area contributed by atoms with Crippen LogP contribution in [0.3, 0.4) is 0 Å². The Kier molecular flexibility index (Phi) is 7.52. The van der Waals surface area contributed by atoms with Gasteiger partial charge in [-0.05, 0) is 48.2 Å². The van der Waals surface area contributed by atoms with Crippen molar-refractivity contribution in [3.05, 3.63) is 97.9 Å². The third-order valence-corrected chi connectivity index (χ3v) is 7.60. The number of imide groups is 1. The van der Waals surface area contributed by atoms with Crippen LogP contribution in [0.4, 0.5) is 10.5 Å². The van der Waals surface area contributed by atoms with E-state index in [-0.39, 0.29) is 44.7 Å². The van der Waals surface area contributed by atoms with Crippen molar-refractivity contribution in [1.29, 1.82) is 0 Å².